The van der Waals surface area contributed by atoms with Gasteiger partial charge in [0.05, 0.1) is 0 Å². The molecule has 1 N–H and O–H groups in total. The first kappa shape index (κ1) is 24.8. The molecule has 1 fully saturated rings. The number of hydrogen-bond acceptors (Lipinski definition) is 5. The topological polar surface area (TPSA) is 82.6 Å². The lowest BCUT2D eigenvalue weighted by molar-refractivity contribution is -0.00649. The Labute approximate surface area is 181 Å². The van der Waals surface area contributed by atoms with Crippen molar-refractivity contribution >= 4 is 16.6 Å². The molecule has 0 amide bonds. The summed E-state index contributed by atoms with van der Waals surface area (Å²) >= 11 is 0. The Kier molecular flexibility index (Phi) is 6.56. The van der Waals surface area contributed by atoms with Gasteiger partial charge in [0.15, 0.2) is 16.6 Å². The van der Waals surface area contributed by atoms with Gasteiger partial charge in [-0.05, 0) is 36.3 Å². The summed E-state index contributed by atoms with van der Waals surface area (Å²) in [4.78, 5) is 26.4. The molecule has 170 valence electrons. The third kappa shape index (κ3) is 4.90. The average Bonchev–Trinajstić information content (AvgIpc) is 2.81. The summed E-state index contributed by atoms with van der Waals surface area (Å²) in [5.74, 6) is 0.451. The average molecular weight is 455 g/mol. The molecule has 1 aliphatic rings. The van der Waals surface area contributed by atoms with Crippen molar-refractivity contribution in [3.8, 4) is 0 Å². The van der Waals surface area contributed by atoms with Crippen molar-refractivity contribution in [2.24, 2.45) is 0 Å². The van der Waals surface area contributed by atoms with E-state index in [4.69, 9.17) is 13.6 Å². The van der Waals surface area contributed by atoms with Gasteiger partial charge in [0.2, 0.25) is 6.23 Å². The highest BCUT2D eigenvalue weighted by molar-refractivity contribution is 6.74. The summed E-state index contributed by atoms with van der Waals surface area (Å²) in [7, 11) is -4.42. The van der Waals surface area contributed by atoms with Crippen LogP contribution in [0.1, 0.15) is 47.8 Å². The first-order chi connectivity index (χ1) is 13.4. The molecule has 1 aromatic heterocycles. The normalized spacial score (nSPS) is 23.5. The summed E-state index contributed by atoms with van der Waals surface area (Å²) in [5.41, 5.74) is -0.999. The van der Waals surface area contributed by atoms with Crippen molar-refractivity contribution in [3.05, 3.63) is 45.4 Å². The van der Waals surface area contributed by atoms with E-state index < -0.39 is 46.3 Å². The number of aromatic nitrogens is 2. The van der Waals surface area contributed by atoms with Crippen LogP contribution in [0.15, 0.2) is 34.2 Å². The molecule has 0 spiro atoms. The van der Waals surface area contributed by atoms with Crippen LogP contribution in [0.5, 0.6) is 0 Å². The number of rotatable bonds is 5. The molecule has 0 aromatic carbocycles. The summed E-state index contributed by atoms with van der Waals surface area (Å²) in [6.45, 7) is 25.7. The second kappa shape index (κ2) is 7.92. The minimum atomic E-state index is -2.24. The lowest BCUT2D eigenvalue weighted by Crippen LogP contribution is -2.52. The molecule has 1 unspecified atom stereocenters. The van der Waals surface area contributed by atoms with E-state index >= 15 is 0 Å². The Hall–Kier alpha value is -1.43. The van der Waals surface area contributed by atoms with E-state index in [-0.39, 0.29) is 10.1 Å². The van der Waals surface area contributed by atoms with Crippen molar-refractivity contribution in [2.75, 3.05) is 0 Å². The molecule has 1 saturated heterocycles. The van der Waals surface area contributed by atoms with Gasteiger partial charge in [-0.3, -0.25) is 14.3 Å². The highest BCUT2D eigenvalue weighted by Crippen LogP contribution is 2.45. The molecule has 2 rings (SSSR count). The van der Waals surface area contributed by atoms with E-state index in [0.717, 1.165) is 0 Å². The minimum Gasteiger partial charge on any atom is -0.469 e. The first-order valence-electron chi connectivity index (χ1n) is 10.4. The number of ether oxygens (including phenoxy) is 1. The lowest BCUT2D eigenvalue weighted by Gasteiger charge is -2.43. The third-order valence-electron chi connectivity index (χ3n) is 6.76. The standard InChI is InChI=1S/C21H38N2O5Si2/c1-14-16(27-29(8,9)20(2,3)4)17(28-30(10,11)21(5,6)7)18(26-14)23-13-12-15(24)22-19(23)25/h12-13,16-18H,1H2,2-11H3,(H,22,24,25)/t16-,17-,18?/m1/s1. The number of hydrogen-bond donors (Lipinski definition) is 1. The molecule has 0 radical (unpaired) electrons. The van der Waals surface area contributed by atoms with Crippen molar-refractivity contribution < 1.29 is 13.6 Å². The second-order valence-electron chi connectivity index (χ2n) is 11.1. The van der Waals surface area contributed by atoms with E-state index in [1.807, 2.05) is 0 Å². The summed E-state index contributed by atoms with van der Waals surface area (Å²) < 4.78 is 20.9. The van der Waals surface area contributed by atoms with Crippen LogP contribution in [0, 0.1) is 0 Å². The predicted octanol–water partition coefficient (Wildman–Crippen LogP) is 4.36. The van der Waals surface area contributed by atoms with Crippen LogP contribution in [0.3, 0.4) is 0 Å². The van der Waals surface area contributed by atoms with Gasteiger partial charge in [-0.2, -0.15) is 0 Å². The molecular formula is C21H38N2O5Si2. The Bertz CT molecular complexity index is 905. The highest BCUT2D eigenvalue weighted by Gasteiger charge is 2.52. The lowest BCUT2D eigenvalue weighted by atomic mass is 10.2. The zero-order chi connectivity index (χ0) is 23.3. The SMILES string of the molecule is C=C1OC(n2ccc(=O)[nH]c2=O)[C@H](O[Si](C)(C)C(C)(C)C)[C@@H]1O[Si](C)(C)C(C)(C)C. The third-order valence-corrected chi connectivity index (χ3v) is 15.7. The Balaban J connectivity index is 2.54. The fraction of sp³-hybridized carbons (Fsp3) is 0.714. The molecule has 7 nitrogen and oxygen atoms in total. The second-order valence-corrected chi connectivity index (χ2v) is 20.6. The van der Waals surface area contributed by atoms with Gasteiger partial charge < -0.3 is 13.6 Å². The van der Waals surface area contributed by atoms with E-state index in [2.05, 4.69) is 79.3 Å². The van der Waals surface area contributed by atoms with Crippen LogP contribution in [0.2, 0.25) is 36.3 Å². The fourth-order valence-corrected chi connectivity index (χ4v) is 5.26. The van der Waals surface area contributed by atoms with Gasteiger partial charge in [0.1, 0.15) is 18.0 Å². The zero-order valence-electron chi connectivity index (χ0n) is 20.1. The van der Waals surface area contributed by atoms with Crippen LogP contribution >= 0.6 is 0 Å². The van der Waals surface area contributed by atoms with Crippen molar-refractivity contribution in [1.29, 1.82) is 0 Å². The van der Waals surface area contributed by atoms with Crippen LogP contribution in [0.25, 0.3) is 0 Å². The minimum absolute atomic E-state index is 0.0122. The van der Waals surface area contributed by atoms with E-state index in [0.29, 0.717) is 5.76 Å². The maximum atomic E-state index is 12.5. The van der Waals surface area contributed by atoms with Gasteiger partial charge in [0, 0.05) is 12.3 Å². The van der Waals surface area contributed by atoms with Gasteiger partial charge in [-0.15, -0.1) is 0 Å². The quantitative estimate of drug-likeness (QED) is 0.669. The van der Waals surface area contributed by atoms with Gasteiger partial charge in [-0.25, -0.2) is 4.79 Å². The highest BCUT2D eigenvalue weighted by atomic mass is 28.4. The van der Waals surface area contributed by atoms with Gasteiger partial charge in [0.25, 0.3) is 5.56 Å². The molecular weight excluding hydrogens is 416 g/mol. The fourth-order valence-electron chi connectivity index (χ4n) is 2.73. The summed E-state index contributed by atoms with van der Waals surface area (Å²) in [5, 5.41) is -0.0549. The van der Waals surface area contributed by atoms with E-state index in [1.54, 1.807) is 0 Å². The van der Waals surface area contributed by atoms with Crippen LogP contribution in [-0.4, -0.2) is 38.4 Å². The molecule has 3 atom stereocenters. The maximum Gasteiger partial charge on any atom is 0.331 e. The van der Waals surface area contributed by atoms with E-state index in [1.165, 1.54) is 16.8 Å². The van der Waals surface area contributed by atoms with Crippen molar-refractivity contribution in [2.45, 2.75) is 96.2 Å². The molecule has 30 heavy (non-hydrogen) atoms. The van der Waals surface area contributed by atoms with Crippen LogP contribution in [-0.2, 0) is 13.6 Å². The van der Waals surface area contributed by atoms with Crippen molar-refractivity contribution in [1.82, 2.24) is 9.55 Å². The predicted molar refractivity (Wildman–Crippen MR) is 125 cm³/mol. The van der Waals surface area contributed by atoms with Crippen LogP contribution < -0.4 is 11.2 Å². The largest absolute Gasteiger partial charge is 0.469 e. The monoisotopic (exact) mass is 454 g/mol. The molecule has 2 heterocycles. The number of H-pyrrole nitrogens is 1. The Morgan fingerprint density at radius 3 is 1.97 bits per heavy atom. The van der Waals surface area contributed by atoms with Gasteiger partial charge in [-0.1, -0.05) is 48.1 Å². The molecule has 0 saturated carbocycles. The summed E-state index contributed by atoms with van der Waals surface area (Å²) in [6.07, 6.45) is -0.360. The number of aromatic amines is 1. The molecule has 0 aliphatic carbocycles. The first-order valence-corrected chi connectivity index (χ1v) is 16.2. The summed E-state index contributed by atoms with van der Waals surface area (Å²) in [6, 6.07) is 1.30. The smallest absolute Gasteiger partial charge is 0.331 e. The van der Waals surface area contributed by atoms with Crippen molar-refractivity contribution in [3.63, 3.8) is 0 Å². The number of nitrogens with one attached hydrogen (secondary N) is 1. The van der Waals surface area contributed by atoms with E-state index in [9.17, 15) is 9.59 Å². The van der Waals surface area contributed by atoms with Gasteiger partial charge >= 0.3 is 5.69 Å². The number of nitrogens with zero attached hydrogens (tertiary/aromatic N) is 1. The molecule has 9 heteroatoms. The van der Waals surface area contributed by atoms with Crippen LogP contribution in [0.4, 0.5) is 0 Å². The Morgan fingerprint density at radius 1 is 1.00 bits per heavy atom. The Morgan fingerprint density at radius 2 is 1.50 bits per heavy atom. The molecule has 0 bridgehead atoms. The molecule has 1 aromatic rings. The zero-order valence-corrected chi connectivity index (χ0v) is 22.1. The molecule has 1 aliphatic heterocycles. The maximum absolute atomic E-state index is 12.5.